The first-order valence-corrected chi connectivity index (χ1v) is 2.78. The Bertz CT molecular complexity index is 96.4. The molecule has 0 amide bonds. The van der Waals surface area contributed by atoms with Crippen LogP contribution in [-0.4, -0.2) is 34.9 Å². The fraction of sp³-hybridized carbons (Fsp3) is 1.00. The third-order valence-corrected chi connectivity index (χ3v) is 1.42. The minimum atomic E-state index is -1.46. The summed E-state index contributed by atoms with van der Waals surface area (Å²) >= 11 is 0. The van der Waals surface area contributed by atoms with E-state index in [1.165, 1.54) is 6.92 Å². The number of alkyl halides is 1. The molecule has 1 rings (SSSR count). The van der Waals surface area contributed by atoms with Gasteiger partial charge in [-0.3, -0.25) is 0 Å². The molecule has 0 saturated carbocycles. The molecule has 1 aliphatic heterocycles. The summed E-state index contributed by atoms with van der Waals surface area (Å²) in [5, 5.41) is 17.3. The molecule has 0 bridgehead atoms. The van der Waals surface area contributed by atoms with E-state index in [9.17, 15) is 4.39 Å². The van der Waals surface area contributed by atoms with E-state index in [1.54, 1.807) is 0 Å². The number of hydrogen-bond acceptors (Lipinski definition) is 3. The van der Waals surface area contributed by atoms with E-state index in [0.29, 0.717) is 0 Å². The van der Waals surface area contributed by atoms with Crippen molar-refractivity contribution in [1.82, 2.24) is 0 Å². The first-order chi connectivity index (χ1) is 4.13. The van der Waals surface area contributed by atoms with Gasteiger partial charge < -0.3 is 14.9 Å². The van der Waals surface area contributed by atoms with Gasteiger partial charge in [-0.2, -0.15) is 0 Å². The standard InChI is InChI=1S/C5H9FO3/c1-2-3(6)4(7)5(8)9-2/h2-5,7-8H,1H3/t2-,3-,4-,5+/m1/s1. The van der Waals surface area contributed by atoms with Gasteiger partial charge >= 0.3 is 0 Å². The van der Waals surface area contributed by atoms with Crippen molar-refractivity contribution in [2.45, 2.75) is 31.6 Å². The molecule has 0 aliphatic carbocycles. The molecule has 0 unspecified atom stereocenters. The van der Waals surface area contributed by atoms with Gasteiger partial charge in [-0.25, -0.2) is 4.39 Å². The number of aliphatic hydroxyl groups excluding tert-OH is 2. The third-order valence-electron chi connectivity index (χ3n) is 1.42. The Labute approximate surface area is 52.1 Å². The van der Waals surface area contributed by atoms with Gasteiger partial charge in [0.15, 0.2) is 12.5 Å². The molecule has 1 aliphatic rings. The molecule has 54 valence electrons. The lowest BCUT2D eigenvalue weighted by Gasteiger charge is -2.04. The molecule has 3 nitrogen and oxygen atoms in total. The third kappa shape index (κ3) is 1.05. The minimum Gasteiger partial charge on any atom is -0.385 e. The summed E-state index contributed by atoms with van der Waals surface area (Å²) < 4.78 is 16.9. The second kappa shape index (κ2) is 2.21. The minimum absolute atomic E-state index is 0.699. The maximum absolute atomic E-state index is 12.4. The summed E-state index contributed by atoms with van der Waals surface area (Å²) in [5.74, 6) is 0. The van der Waals surface area contributed by atoms with Crippen LogP contribution in [0, 0.1) is 0 Å². The van der Waals surface area contributed by atoms with Crippen LogP contribution in [0.15, 0.2) is 0 Å². The Morgan fingerprint density at radius 1 is 1.44 bits per heavy atom. The quantitative estimate of drug-likeness (QED) is 0.468. The highest BCUT2D eigenvalue weighted by Crippen LogP contribution is 2.21. The predicted octanol–water partition coefficient (Wildman–Crippen LogP) is -0.577. The van der Waals surface area contributed by atoms with E-state index in [0.717, 1.165) is 0 Å². The van der Waals surface area contributed by atoms with Crippen LogP contribution in [0.4, 0.5) is 4.39 Å². The Kier molecular flexibility index (Phi) is 1.70. The van der Waals surface area contributed by atoms with Gasteiger partial charge in [0.2, 0.25) is 0 Å². The molecule has 1 saturated heterocycles. The van der Waals surface area contributed by atoms with Crippen molar-refractivity contribution in [1.29, 1.82) is 0 Å². The second-order valence-corrected chi connectivity index (χ2v) is 2.17. The maximum Gasteiger partial charge on any atom is 0.184 e. The van der Waals surface area contributed by atoms with Crippen molar-refractivity contribution < 1.29 is 19.3 Å². The van der Waals surface area contributed by atoms with Gasteiger partial charge in [0.05, 0.1) is 6.10 Å². The van der Waals surface area contributed by atoms with Gasteiger partial charge in [0.25, 0.3) is 0 Å². The van der Waals surface area contributed by atoms with Crippen molar-refractivity contribution in [3.8, 4) is 0 Å². The lowest BCUT2D eigenvalue weighted by molar-refractivity contribution is -0.123. The van der Waals surface area contributed by atoms with Gasteiger partial charge in [0.1, 0.15) is 6.10 Å². The lowest BCUT2D eigenvalue weighted by atomic mass is 10.2. The van der Waals surface area contributed by atoms with E-state index >= 15 is 0 Å². The molecule has 0 aromatic heterocycles. The van der Waals surface area contributed by atoms with Gasteiger partial charge in [0, 0.05) is 0 Å². The van der Waals surface area contributed by atoms with Gasteiger partial charge in [-0.1, -0.05) is 0 Å². The average molecular weight is 136 g/mol. The van der Waals surface area contributed by atoms with Crippen molar-refractivity contribution in [3.05, 3.63) is 0 Å². The molecule has 0 aromatic rings. The zero-order chi connectivity index (χ0) is 7.02. The zero-order valence-corrected chi connectivity index (χ0v) is 4.99. The van der Waals surface area contributed by atoms with Crippen LogP contribution in [0.25, 0.3) is 0 Å². The van der Waals surface area contributed by atoms with Crippen LogP contribution >= 0.6 is 0 Å². The summed E-state index contributed by atoms with van der Waals surface area (Å²) in [4.78, 5) is 0. The van der Waals surface area contributed by atoms with E-state index in [2.05, 4.69) is 4.74 Å². The molecule has 0 spiro atoms. The first kappa shape index (κ1) is 6.92. The van der Waals surface area contributed by atoms with Crippen LogP contribution in [0.1, 0.15) is 6.92 Å². The maximum atomic E-state index is 12.4. The smallest absolute Gasteiger partial charge is 0.184 e. The molecular weight excluding hydrogens is 127 g/mol. The number of ether oxygens (including phenoxy) is 1. The van der Waals surface area contributed by atoms with Crippen LogP contribution in [0.5, 0.6) is 0 Å². The van der Waals surface area contributed by atoms with Gasteiger partial charge in [-0.15, -0.1) is 0 Å². The summed E-state index contributed by atoms with van der Waals surface area (Å²) in [6, 6.07) is 0. The number of rotatable bonds is 0. The molecule has 9 heavy (non-hydrogen) atoms. The Morgan fingerprint density at radius 2 is 2.00 bits per heavy atom. The fourth-order valence-corrected chi connectivity index (χ4v) is 0.810. The highest BCUT2D eigenvalue weighted by atomic mass is 19.1. The van der Waals surface area contributed by atoms with Crippen molar-refractivity contribution >= 4 is 0 Å². The van der Waals surface area contributed by atoms with E-state index < -0.39 is 24.7 Å². The number of hydrogen-bond donors (Lipinski definition) is 2. The molecule has 1 fully saturated rings. The van der Waals surface area contributed by atoms with Crippen LogP contribution in [0.2, 0.25) is 0 Å². The number of aliphatic hydroxyl groups is 2. The highest BCUT2D eigenvalue weighted by Gasteiger charge is 2.40. The molecule has 4 atom stereocenters. The van der Waals surface area contributed by atoms with E-state index in [1.807, 2.05) is 0 Å². The fourth-order valence-electron chi connectivity index (χ4n) is 0.810. The average Bonchev–Trinajstić information content (AvgIpc) is 1.98. The largest absolute Gasteiger partial charge is 0.385 e. The Morgan fingerprint density at radius 3 is 2.11 bits per heavy atom. The van der Waals surface area contributed by atoms with Gasteiger partial charge in [-0.05, 0) is 6.92 Å². The highest BCUT2D eigenvalue weighted by molar-refractivity contribution is 4.82. The molecule has 2 N–H and O–H groups in total. The predicted molar refractivity (Wildman–Crippen MR) is 27.5 cm³/mol. The Balaban J connectivity index is 2.54. The SMILES string of the molecule is C[C@H]1O[C@H](O)[C@H](O)[C@@H]1F. The summed E-state index contributed by atoms with van der Waals surface area (Å²) in [6.07, 6.45) is -4.88. The summed E-state index contributed by atoms with van der Waals surface area (Å²) in [6.45, 7) is 1.46. The second-order valence-electron chi connectivity index (χ2n) is 2.17. The van der Waals surface area contributed by atoms with Crippen molar-refractivity contribution in [3.63, 3.8) is 0 Å². The zero-order valence-electron chi connectivity index (χ0n) is 4.99. The summed E-state index contributed by atoms with van der Waals surface area (Å²) in [5.41, 5.74) is 0. The van der Waals surface area contributed by atoms with Crippen molar-refractivity contribution in [2.24, 2.45) is 0 Å². The topological polar surface area (TPSA) is 49.7 Å². The molecule has 0 radical (unpaired) electrons. The van der Waals surface area contributed by atoms with Crippen molar-refractivity contribution in [2.75, 3.05) is 0 Å². The van der Waals surface area contributed by atoms with Crippen LogP contribution in [0.3, 0.4) is 0 Å². The monoisotopic (exact) mass is 136 g/mol. The van der Waals surface area contributed by atoms with E-state index in [4.69, 9.17) is 10.2 Å². The lowest BCUT2D eigenvalue weighted by Crippen LogP contribution is -2.27. The van der Waals surface area contributed by atoms with Crippen LogP contribution < -0.4 is 0 Å². The summed E-state index contributed by atoms with van der Waals surface area (Å²) in [7, 11) is 0. The number of halogens is 1. The molecule has 1 heterocycles. The first-order valence-electron chi connectivity index (χ1n) is 2.78. The molecule has 0 aromatic carbocycles. The van der Waals surface area contributed by atoms with E-state index in [-0.39, 0.29) is 0 Å². The normalized spacial score (nSPS) is 52.0. The van der Waals surface area contributed by atoms with Crippen LogP contribution in [-0.2, 0) is 4.74 Å². The Hall–Kier alpha value is -0.190. The molecule has 4 heteroatoms. The molecular formula is C5H9FO3.